The Kier molecular flexibility index (Phi) is 3.03. The Labute approximate surface area is 89.0 Å². The van der Waals surface area contributed by atoms with Crippen molar-refractivity contribution in [3.05, 3.63) is 18.3 Å². The van der Waals surface area contributed by atoms with Crippen molar-refractivity contribution >= 4 is 11.5 Å². The Bertz CT molecular complexity index is 331. The lowest BCUT2D eigenvalue weighted by molar-refractivity contribution is 0.121. The van der Waals surface area contributed by atoms with Crippen LogP contribution >= 0.6 is 0 Å². The van der Waals surface area contributed by atoms with Gasteiger partial charge in [-0.1, -0.05) is 0 Å². The van der Waals surface area contributed by atoms with Crippen molar-refractivity contribution in [1.82, 2.24) is 4.98 Å². The van der Waals surface area contributed by atoms with Gasteiger partial charge in [-0.3, -0.25) is 0 Å². The average molecular weight is 208 g/mol. The number of ether oxygens (including phenoxy) is 1. The van der Waals surface area contributed by atoms with Crippen LogP contribution in [0.15, 0.2) is 18.3 Å². The number of hydrazine groups is 1. The zero-order chi connectivity index (χ0) is 10.7. The van der Waals surface area contributed by atoms with Crippen LogP contribution in [0, 0.1) is 0 Å². The SMILES string of the molecule is CC1OCCC1Nc1ccnc(NN)c1. The maximum Gasteiger partial charge on any atom is 0.141 e. The van der Waals surface area contributed by atoms with Crippen LogP contribution < -0.4 is 16.6 Å². The number of hydrogen-bond acceptors (Lipinski definition) is 5. The lowest BCUT2D eigenvalue weighted by Gasteiger charge is -2.17. The van der Waals surface area contributed by atoms with Crippen molar-refractivity contribution in [2.24, 2.45) is 5.84 Å². The fraction of sp³-hybridized carbons (Fsp3) is 0.500. The highest BCUT2D eigenvalue weighted by Gasteiger charge is 2.23. The van der Waals surface area contributed by atoms with Gasteiger partial charge in [-0.05, 0) is 19.4 Å². The minimum Gasteiger partial charge on any atom is -0.379 e. The smallest absolute Gasteiger partial charge is 0.141 e. The normalized spacial score (nSPS) is 25.2. The first-order valence-electron chi connectivity index (χ1n) is 5.10. The number of nitrogens with zero attached hydrogens (tertiary/aromatic N) is 1. The highest BCUT2D eigenvalue weighted by Crippen LogP contribution is 2.19. The first-order chi connectivity index (χ1) is 7.29. The zero-order valence-electron chi connectivity index (χ0n) is 8.73. The van der Waals surface area contributed by atoms with Crippen LogP contribution in [-0.4, -0.2) is 23.7 Å². The van der Waals surface area contributed by atoms with Crippen LogP contribution in [0.2, 0.25) is 0 Å². The molecule has 15 heavy (non-hydrogen) atoms. The second kappa shape index (κ2) is 4.46. The van der Waals surface area contributed by atoms with Crippen molar-refractivity contribution in [2.75, 3.05) is 17.3 Å². The fourth-order valence-electron chi connectivity index (χ4n) is 1.73. The number of nitrogens with two attached hydrogens (primary N) is 1. The number of hydrogen-bond donors (Lipinski definition) is 3. The molecule has 1 fully saturated rings. The quantitative estimate of drug-likeness (QED) is 0.509. The third-order valence-corrected chi connectivity index (χ3v) is 2.64. The molecule has 4 N–H and O–H groups in total. The summed E-state index contributed by atoms with van der Waals surface area (Å²) in [6.45, 7) is 2.90. The molecule has 2 rings (SSSR count). The van der Waals surface area contributed by atoms with Crippen molar-refractivity contribution in [3.8, 4) is 0 Å². The number of nitrogens with one attached hydrogen (secondary N) is 2. The minimum atomic E-state index is 0.257. The Morgan fingerprint density at radius 1 is 1.60 bits per heavy atom. The van der Waals surface area contributed by atoms with Gasteiger partial charge in [0.05, 0.1) is 12.1 Å². The van der Waals surface area contributed by atoms with Gasteiger partial charge in [0, 0.05) is 24.6 Å². The van der Waals surface area contributed by atoms with Crippen LogP contribution in [0.5, 0.6) is 0 Å². The molecule has 0 aliphatic carbocycles. The molecule has 0 aromatic carbocycles. The van der Waals surface area contributed by atoms with Crippen LogP contribution in [0.4, 0.5) is 11.5 Å². The highest BCUT2D eigenvalue weighted by atomic mass is 16.5. The minimum absolute atomic E-state index is 0.257. The largest absolute Gasteiger partial charge is 0.379 e. The molecule has 1 aromatic heterocycles. The van der Waals surface area contributed by atoms with Crippen LogP contribution in [-0.2, 0) is 4.74 Å². The van der Waals surface area contributed by atoms with E-state index in [-0.39, 0.29) is 6.10 Å². The Morgan fingerprint density at radius 3 is 3.13 bits per heavy atom. The van der Waals surface area contributed by atoms with E-state index < -0.39 is 0 Å². The Hall–Kier alpha value is -1.33. The topological polar surface area (TPSA) is 72.2 Å². The maximum atomic E-state index is 5.48. The fourth-order valence-corrected chi connectivity index (χ4v) is 1.73. The van der Waals surface area contributed by atoms with Gasteiger partial charge >= 0.3 is 0 Å². The summed E-state index contributed by atoms with van der Waals surface area (Å²) in [5, 5.41) is 3.40. The molecular formula is C10H16N4O. The second-order valence-corrected chi connectivity index (χ2v) is 3.69. The number of anilines is 2. The molecule has 0 amide bonds. The molecule has 2 unspecified atom stereocenters. The Balaban J connectivity index is 2.03. The third kappa shape index (κ3) is 2.37. The predicted octanol–water partition coefficient (Wildman–Crippen LogP) is 0.956. The molecule has 1 aliphatic rings. The molecule has 1 aromatic rings. The second-order valence-electron chi connectivity index (χ2n) is 3.69. The van der Waals surface area contributed by atoms with Crippen molar-refractivity contribution in [3.63, 3.8) is 0 Å². The summed E-state index contributed by atoms with van der Waals surface area (Å²) in [6.07, 6.45) is 3.01. The van der Waals surface area contributed by atoms with Gasteiger partial charge in [0.15, 0.2) is 0 Å². The summed E-state index contributed by atoms with van der Waals surface area (Å²) >= 11 is 0. The molecule has 5 nitrogen and oxygen atoms in total. The summed E-state index contributed by atoms with van der Waals surface area (Å²) < 4.78 is 5.48. The van der Waals surface area contributed by atoms with Gasteiger partial charge in [0.2, 0.25) is 0 Å². The molecule has 1 saturated heterocycles. The molecule has 5 heteroatoms. The van der Waals surface area contributed by atoms with E-state index in [4.69, 9.17) is 10.6 Å². The lowest BCUT2D eigenvalue weighted by Crippen LogP contribution is -2.26. The maximum absolute atomic E-state index is 5.48. The first kappa shape index (κ1) is 10.2. The monoisotopic (exact) mass is 208 g/mol. The first-order valence-corrected chi connectivity index (χ1v) is 5.10. The van der Waals surface area contributed by atoms with Gasteiger partial charge < -0.3 is 15.5 Å². The van der Waals surface area contributed by atoms with E-state index >= 15 is 0 Å². The average Bonchev–Trinajstić information content (AvgIpc) is 2.65. The van der Waals surface area contributed by atoms with Gasteiger partial charge in [0.1, 0.15) is 5.82 Å². The van der Waals surface area contributed by atoms with E-state index in [9.17, 15) is 0 Å². The predicted molar refractivity (Wildman–Crippen MR) is 59.5 cm³/mol. The van der Waals surface area contributed by atoms with E-state index in [2.05, 4.69) is 22.7 Å². The summed E-state index contributed by atoms with van der Waals surface area (Å²) in [4.78, 5) is 4.04. The summed E-state index contributed by atoms with van der Waals surface area (Å²) in [7, 11) is 0. The lowest BCUT2D eigenvalue weighted by atomic mass is 10.1. The van der Waals surface area contributed by atoms with Crippen molar-refractivity contribution in [2.45, 2.75) is 25.5 Å². The van der Waals surface area contributed by atoms with Crippen LogP contribution in [0.25, 0.3) is 0 Å². The molecule has 0 saturated carbocycles. The van der Waals surface area contributed by atoms with Gasteiger partial charge in [-0.15, -0.1) is 0 Å². The van der Waals surface area contributed by atoms with E-state index in [0.717, 1.165) is 18.7 Å². The van der Waals surface area contributed by atoms with E-state index in [0.29, 0.717) is 11.9 Å². The highest BCUT2D eigenvalue weighted by molar-refractivity contribution is 5.52. The van der Waals surface area contributed by atoms with Gasteiger partial charge in [-0.25, -0.2) is 10.8 Å². The molecule has 2 atom stereocenters. The van der Waals surface area contributed by atoms with Crippen molar-refractivity contribution in [1.29, 1.82) is 0 Å². The number of aromatic nitrogens is 1. The van der Waals surface area contributed by atoms with Crippen LogP contribution in [0.1, 0.15) is 13.3 Å². The molecule has 0 radical (unpaired) electrons. The summed E-state index contributed by atoms with van der Waals surface area (Å²) in [5.41, 5.74) is 3.54. The molecule has 0 spiro atoms. The molecular weight excluding hydrogens is 192 g/mol. The number of nitrogen functional groups attached to an aromatic ring is 1. The molecule has 1 aliphatic heterocycles. The van der Waals surface area contributed by atoms with E-state index in [1.807, 2.05) is 12.1 Å². The third-order valence-electron chi connectivity index (χ3n) is 2.64. The van der Waals surface area contributed by atoms with E-state index in [1.54, 1.807) is 6.20 Å². The Morgan fingerprint density at radius 2 is 2.47 bits per heavy atom. The number of rotatable bonds is 3. The standard InChI is InChI=1S/C10H16N4O/c1-7-9(3-5-15-7)13-8-2-4-12-10(6-8)14-11/h2,4,6-7,9H,3,5,11H2,1H3,(H2,12,13,14). The van der Waals surface area contributed by atoms with Gasteiger partial charge in [0.25, 0.3) is 0 Å². The summed E-state index contributed by atoms with van der Waals surface area (Å²) in [5.74, 6) is 5.95. The van der Waals surface area contributed by atoms with Gasteiger partial charge in [-0.2, -0.15) is 0 Å². The van der Waals surface area contributed by atoms with Crippen molar-refractivity contribution < 1.29 is 4.74 Å². The molecule has 82 valence electrons. The number of pyridine rings is 1. The van der Waals surface area contributed by atoms with E-state index in [1.165, 1.54) is 0 Å². The van der Waals surface area contributed by atoms with Crippen LogP contribution in [0.3, 0.4) is 0 Å². The molecule has 2 heterocycles. The summed E-state index contributed by atoms with van der Waals surface area (Å²) in [6, 6.07) is 4.18. The zero-order valence-corrected chi connectivity index (χ0v) is 8.73. The molecule has 0 bridgehead atoms.